The fraction of sp³-hybridized carbons (Fsp3) is 0.0952. The lowest BCUT2D eigenvalue weighted by molar-refractivity contribution is -0.129. The first-order valence-electron chi connectivity index (χ1n) is 8.39. The van der Waals surface area contributed by atoms with Gasteiger partial charge in [-0.1, -0.05) is 30.3 Å². The van der Waals surface area contributed by atoms with Crippen molar-refractivity contribution in [1.82, 2.24) is 4.98 Å². The molecule has 1 aromatic heterocycles. The third-order valence-electron chi connectivity index (χ3n) is 3.88. The minimum Gasteiger partial charge on any atom is -0.487 e. The minimum atomic E-state index is -0.451. The Hall–Kier alpha value is -3.25. The monoisotopic (exact) mass is 376 g/mol. The van der Waals surface area contributed by atoms with E-state index < -0.39 is 5.97 Å². The summed E-state index contributed by atoms with van der Waals surface area (Å²) in [5, 5.41) is 3.01. The van der Waals surface area contributed by atoms with Gasteiger partial charge in [-0.3, -0.25) is 0 Å². The number of carbonyl (C=O) groups is 1. The molecule has 0 fully saturated rings. The molecule has 0 aliphatic carbocycles. The highest BCUT2D eigenvalue weighted by Gasteiger charge is 2.23. The Kier molecular flexibility index (Phi) is 4.80. The first-order chi connectivity index (χ1) is 13.2. The molecule has 6 heteroatoms. The van der Waals surface area contributed by atoms with Gasteiger partial charge in [-0.05, 0) is 42.8 Å². The summed E-state index contributed by atoms with van der Waals surface area (Å²) < 4.78 is 11.0. The maximum atomic E-state index is 12.1. The number of ether oxygens (including phenoxy) is 2. The number of thiazole rings is 1. The first-order valence-corrected chi connectivity index (χ1v) is 9.27. The fourth-order valence-electron chi connectivity index (χ4n) is 2.56. The number of aromatic nitrogens is 1. The van der Waals surface area contributed by atoms with Crippen LogP contribution in [0.15, 0.2) is 70.7 Å². The molecule has 4 rings (SSSR count). The topological polar surface area (TPSA) is 60.8 Å². The smallest absolute Gasteiger partial charge is 0.363 e. The van der Waals surface area contributed by atoms with Crippen LogP contribution in [0.3, 0.4) is 0 Å². The van der Waals surface area contributed by atoms with Crippen LogP contribution >= 0.6 is 11.3 Å². The number of nitrogens with zero attached hydrogens (tertiary/aromatic N) is 2. The lowest BCUT2D eigenvalue weighted by Crippen LogP contribution is -2.04. The van der Waals surface area contributed by atoms with E-state index in [2.05, 4.69) is 9.98 Å². The highest BCUT2D eigenvalue weighted by molar-refractivity contribution is 7.09. The summed E-state index contributed by atoms with van der Waals surface area (Å²) in [5.74, 6) is 0.615. The molecule has 2 heterocycles. The number of rotatable bonds is 5. The molecular weight excluding hydrogens is 360 g/mol. The third kappa shape index (κ3) is 4.12. The molecule has 27 heavy (non-hydrogen) atoms. The molecule has 1 aliphatic heterocycles. The van der Waals surface area contributed by atoms with Crippen molar-refractivity contribution in [3.8, 4) is 5.75 Å². The van der Waals surface area contributed by atoms with E-state index in [1.54, 1.807) is 17.4 Å². The van der Waals surface area contributed by atoms with Gasteiger partial charge in [0.2, 0.25) is 5.90 Å². The second kappa shape index (κ2) is 7.55. The molecule has 0 unspecified atom stereocenters. The average molecular weight is 376 g/mol. The molecule has 0 N–H and O–H groups in total. The van der Waals surface area contributed by atoms with Crippen LogP contribution in [0, 0.1) is 6.92 Å². The van der Waals surface area contributed by atoms with Gasteiger partial charge in [0.1, 0.15) is 12.4 Å². The van der Waals surface area contributed by atoms with Crippen molar-refractivity contribution in [2.24, 2.45) is 4.99 Å². The molecule has 5 nitrogen and oxygen atoms in total. The van der Waals surface area contributed by atoms with E-state index in [4.69, 9.17) is 9.47 Å². The SMILES string of the molecule is Cc1nc(COc2ccc(/C=C3\N=C(c4ccccc4)OC3=O)cc2)cs1. The van der Waals surface area contributed by atoms with Crippen LogP contribution in [0.1, 0.15) is 21.8 Å². The summed E-state index contributed by atoms with van der Waals surface area (Å²) in [4.78, 5) is 20.7. The number of hydrogen-bond acceptors (Lipinski definition) is 6. The molecule has 0 spiro atoms. The minimum absolute atomic E-state index is 0.278. The summed E-state index contributed by atoms with van der Waals surface area (Å²) in [5.41, 5.74) is 2.81. The van der Waals surface area contributed by atoms with Crippen molar-refractivity contribution in [3.05, 3.63) is 87.5 Å². The summed E-state index contributed by atoms with van der Waals surface area (Å²) in [6.45, 7) is 2.40. The molecule has 1 aliphatic rings. The van der Waals surface area contributed by atoms with Gasteiger partial charge in [-0.15, -0.1) is 11.3 Å². The van der Waals surface area contributed by atoms with Gasteiger partial charge < -0.3 is 9.47 Å². The fourth-order valence-corrected chi connectivity index (χ4v) is 3.16. The van der Waals surface area contributed by atoms with Gasteiger partial charge in [0.15, 0.2) is 5.70 Å². The standard InChI is InChI=1S/C21H16N2O3S/c1-14-22-17(13-27-14)12-25-18-9-7-15(8-10-18)11-19-21(24)26-20(23-19)16-5-3-2-4-6-16/h2-11,13H,12H2,1H3/b19-11-. The lowest BCUT2D eigenvalue weighted by Gasteiger charge is -2.04. The van der Waals surface area contributed by atoms with E-state index >= 15 is 0 Å². The summed E-state index contributed by atoms with van der Waals surface area (Å²) in [6.07, 6.45) is 1.70. The number of esters is 1. The predicted molar refractivity (Wildman–Crippen MR) is 105 cm³/mol. The van der Waals surface area contributed by atoms with Gasteiger partial charge in [0.25, 0.3) is 0 Å². The second-order valence-electron chi connectivity index (χ2n) is 5.92. The Morgan fingerprint density at radius 2 is 1.89 bits per heavy atom. The molecule has 0 bridgehead atoms. The normalized spacial score (nSPS) is 14.9. The number of cyclic esters (lactones) is 1. The molecule has 0 amide bonds. The quantitative estimate of drug-likeness (QED) is 0.490. The summed E-state index contributed by atoms with van der Waals surface area (Å²) >= 11 is 1.60. The van der Waals surface area contributed by atoms with Crippen LogP contribution < -0.4 is 4.74 Å². The van der Waals surface area contributed by atoms with Crippen molar-refractivity contribution in [2.75, 3.05) is 0 Å². The highest BCUT2D eigenvalue weighted by Crippen LogP contribution is 2.21. The van der Waals surface area contributed by atoms with Crippen LogP contribution in [-0.2, 0) is 16.1 Å². The summed E-state index contributed by atoms with van der Waals surface area (Å²) in [6, 6.07) is 16.8. The van der Waals surface area contributed by atoms with E-state index in [9.17, 15) is 4.79 Å². The van der Waals surface area contributed by atoms with Crippen LogP contribution in [0.2, 0.25) is 0 Å². The number of hydrogen-bond donors (Lipinski definition) is 0. The number of benzene rings is 2. The number of aliphatic imine (C=N–C) groups is 1. The van der Waals surface area contributed by atoms with Gasteiger partial charge in [-0.2, -0.15) is 0 Å². The zero-order valence-corrected chi connectivity index (χ0v) is 15.4. The summed E-state index contributed by atoms with van der Waals surface area (Å²) in [7, 11) is 0. The largest absolute Gasteiger partial charge is 0.487 e. The van der Waals surface area contributed by atoms with E-state index in [1.807, 2.05) is 66.9 Å². The van der Waals surface area contributed by atoms with Gasteiger partial charge >= 0.3 is 5.97 Å². The Labute approximate surface area is 160 Å². The van der Waals surface area contributed by atoms with Crippen LogP contribution in [0.25, 0.3) is 6.08 Å². The van der Waals surface area contributed by atoms with E-state index in [0.29, 0.717) is 12.5 Å². The molecule has 2 aromatic carbocycles. The molecule has 0 atom stereocenters. The maximum absolute atomic E-state index is 12.1. The van der Waals surface area contributed by atoms with Crippen LogP contribution in [0.5, 0.6) is 5.75 Å². The lowest BCUT2D eigenvalue weighted by atomic mass is 10.2. The highest BCUT2D eigenvalue weighted by atomic mass is 32.1. The zero-order valence-electron chi connectivity index (χ0n) is 14.6. The average Bonchev–Trinajstić information content (AvgIpc) is 3.28. The van der Waals surface area contributed by atoms with Crippen LogP contribution in [0.4, 0.5) is 0 Å². The van der Waals surface area contributed by atoms with Gasteiger partial charge in [-0.25, -0.2) is 14.8 Å². The Morgan fingerprint density at radius 3 is 2.59 bits per heavy atom. The molecule has 134 valence electrons. The Balaban J connectivity index is 1.45. The van der Waals surface area contributed by atoms with E-state index in [-0.39, 0.29) is 5.70 Å². The van der Waals surface area contributed by atoms with E-state index in [1.165, 1.54) is 0 Å². The van der Waals surface area contributed by atoms with E-state index in [0.717, 1.165) is 27.6 Å². The van der Waals surface area contributed by atoms with Gasteiger partial charge in [0, 0.05) is 10.9 Å². The third-order valence-corrected chi connectivity index (χ3v) is 4.70. The second-order valence-corrected chi connectivity index (χ2v) is 6.98. The predicted octanol–water partition coefficient (Wildman–Crippen LogP) is 4.38. The molecule has 0 saturated carbocycles. The number of carbonyl (C=O) groups excluding carboxylic acids is 1. The van der Waals surface area contributed by atoms with Crippen molar-refractivity contribution in [3.63, 3.8) is 0 Å². The van der Waals surface area contributed by atoms with Gasteiger partial charge in [0.05, 0.1) is 10.7 Å². The molecular formula is C21H16N2O3S. The maximum Gasteiger partial charge on any atom is 0.363 e. The van der Waals surface area contributed by atoms with Crippen molar-refractivity contribution >= 4 is 29.3 Å². The zero-order chi connectivity index (χ0) is 18.6. The first kappa shape index (κ1) is 17.2. The van der Waals surface area contributed by atoms with Crippen molar-refractivity contribution in [1.29, 1.82) is 0 Å². The molecule has 0 saturated heterocycles. The Morgan fingerprint density at radius 1 is 1.11 bits per heavy atom. The Bertz CT molecular complexity index is 1020. The molecule has 0 radical (unpaired) electrons. The number of aryl methyl sites for hydroxylation is 1. The van der Waals surface area contributed by atoms with Crippen molar-refractivity contribution in [2.45, 2.75) is 13.5 Å². The molecule has 3 aromatic rings. The van der Waals surface area contributed by atoms with Crippen LogP contribution in [-0.4, -0.2) is 16.9 Å². The van der Waals surface area contributed by atoms with Crippen molar-refractivity contribution < 1.29 is 14.3 Å².